The standard InChI is InChI=1S/3C9H12.3BrH/c3*1-7-4-8(2)6-9(3)5-7;;;/h3*4-6H,1-3H3;3*1H. The van der Waals surface area contributed by atoms with Gasteiger partial charge in [0.25, 0.3) is 0 Å². The van der Waals surface area contributed by atoms with Crippen molar-refractivity contribution in [2.24, 2.45) is 0 Å². The summed E-state index contributed by atoms with van der Waals surface area (Å²) in [4.78, 5) is 0. The van der Waals surface area contributed by atoms with E-state index in [1.54, 1.807) is 0 Å². The molecule has 0 spiro atoms. The van der Waals surface area contributed by atoms with Gasteiger partial charge in [-0.25, -0.2) is 0 Å². The van der Waals surface area contributed by atoms with E-state index in [2.05, 4.69) is 117 Å². The Morgan fingerprint density at radius 2 is 0.300 bits per heavy atom. The van der Waals surface area contributed by atoms with Gasteiger partial charge in [-0.2, -0.15) is 0 Å². The quantitative estimate of drug-likeness (QED) is 0.240. The highest BCUT2D eigenvalue weighted by Gasteiger charge is 1.89. The van der Waals surface area contributed by atoms with E-state index in [4.69, 9.17) is 0 Å². The second kappa shape index (κ2) is 16.8. The second-order valence-electron chi connectivity index (χ2n) is 8.00. The van der Waals surface area contributed by atoms with Crippen molar-refractivity contribution in [1.29, 1.82) is 0 Å². The van der Waals surface area contributed by atoms with Gasteiger partial charge in [0.2, 0.25) is 0 Å². The van der Waals surface area contributed by atoms with Crippen LogP contribution in [0.2, 0.25) is 0 Å². The molecule has 0 N–H and O–H groups in total. The second-order valence-corrected chi connectivity index (χ2v) is 8.00. The third-order valence-corrected chi connectivity index (χ3v) is 4.10. The molecular weight excluding hydrogens is 564 g/mol. The number of rotatable bonds is 0. The van der Waals surface area contributed by atoms with Crippen molar-refractivity contribution >= 4 is 50.9 Å². The summed E-state index contributed by atoms with van der Waals surface area (Å²) in [5.41, 5.74) is 12.2. The number of benzene rings is 3. The summed E-state index contributed by atoms with van der Waals surface area (Å²) in [6, 6.07) is 19.7. The SMILES string of the molecule is Br.Br.Br.Cc1cc(C)cc(C)c1.Cc1cc(C)cc(C)c1.Cc1cc(C)cc(C)c1. The molecule has 0 aliphatic heterocycles. The molecule has 0 aliphatic carbocycles. The maximum Gasteiger partial charge on any atom is -0.0398 e. The normalized spacial score (nSPS) is 8.70. The Kier molecular flexibility index (Phi) is 18.8. The van der Waals surface area contributed by atoms with Crippen molar-refractivity contribution < 1.29 is 0 Å². The maximum atomic E-state index is 2.19. The molecule has 3 aromatic carbocycles. The summed E-state index contributed by atoms with van der Waals surface area (Å²) in [5.74, 6) is 0. The first-order valence-electron chi connectivity index (χ1n) is 9.70. The fraction of sp³-hybridized carbons (Fsp3) is 0.333. The molecule has 3 aromatic rings. The Balaban J connectivity index is -0.000000347. The lowest BCUT2D eigenvalue weighted by Crippen LogP contribution is -1.78. The third kappa shape index (κ3) is 15.0. The molecule has 0 atom stereocenters. The minimum Gasteiger partial charge on any atom is -0.114 e. The van der Waals surface area contributed by atoms with Gasteiger partial charge in [0.15, 0.2) is 0 Å². The Hall–Kier alpha value is -0.900. The van der Waals surface area contributed by atoms with E-state index in [0.717, 1.165) is 0 Å². The topological polar surface area (TPSA) is 0 Å². The summed E-state index contributed by atoms with van der Waals surface area (Å²) < 4.78 is 0. The van der Waals surface area contributed by atoms with Gasteiger partial charge in [-0.05, 0) is 62.3 Å². The van der Waals surface area contributed by atoms with E-state index in [9.17, 15) is 0 Å². The van der Waals surface area contributed by atoms with Crippen molar-refractivity contribution in [1.82, 2.24) is 0 Å². The van der Waals surface area contributed by atoms with Gasteiger partial charge in [-0.15, -0.1) is 50.9 Å². The zero-order valence-corrected chi connectivity index (χ0v) is 25.1. The summed E-state index contributed by atoms with van der Waals surface area (Å²) >= 11 is 0. The molecule has 168 valence electrons. The van der Waals surface area contributed by atoms with E-state index in [0.29, 0.717) is 0 Å². The Labute approximate surface area is 216 Å². The van der Waals surface area contributed by atoms with Gasteiger partial charge in [0.05, 0.1) is 0 Å². The van der Waals surface area contributed by atoms with Crippen molar-refractivity contribution in [3.63, 3.8) is 0 Å². The smallest absolute Gasteiger partial charge is 0.0398 e. The lowest BCUT2D eigenvalue weighted by atomic mass is 10.1. The molecule has 0 fully saturated rings. The van der Waals surface area contributed by atoms with Crippen LogP contribution in [0.25, 0.3) is 0 Å². The van der Waals surface area contributed by atoms with Crippen LogP contribution in [0, 0.1) is 62.3 Å². The fourth-order valence-electron chi connectivity index (χ4n) is 3.61. The zero-order valence-electron chi connectivity index (χ0n) is 19.9. The number of hydrogen-bond acceptors (Lipinski definition) is 0. The monoisotopic (exact) mass is 600 g/mol. The molecule has 0 aliphatic rings. The van der Waals surface area contributed by atoms with E-state index in [-0.39, 0.29) is 50.9 Å². The highest BCUT2D eigenvalue weighted by Crippen LogP contribution is 2.07. The van der Waals surface area contributed by atoms with Gasteiger partial charge < -0.3 is 0 Å². The molecule has 30 heavy (non-hydrogen) atoms. The highest BCUT2D eigenvalue weighted by molar-refractivity contribution is 8.93. The van der Waals surface area contributed by atoms with Crippen molar-refractivity contribution in [3.05, 3.63) is 105 Å². The molecule has 3 heteroatoms. The minimum atomic E-state index is 0. The van der Waals surface area contributed by atoms with Crippen LogP contribution in [0.5, 0.6) is 0 Å². The lowest BCUT2D eigenvalue weighted by molar-refractivity contribution is 1.32. The first-order chi connectivity index (χ1) is 12.5. The fourth-order valence-corrected chi connectivity index (χ4v) is 3.61. The molecule has 0 heterocycles. The van der Waals surface area contributed by atoms with Gasteiger partial charge in [-0.3, -0.25) is 0 Å². The van der Waals surface area contributed by atoms with Gasteiger partial charge >= 0.3 is 0 Å². The molecule has 0 aromatic heterocycles. The molecule has 3 rings (SSSR count). The lowest BCUT2D eigenvalue weighted by Gasteiger charge is -1.96. The first kappa shape index (κ1) is 33.7. The molecular formula is C27H39Br3. The summed E-state index contributed by atoms with van der Waals surface area (Å²) in [7, 11) is 0. The largest absolute Gasteiger partial charge is 0.114 e. The zero-order chi connectivity index (χ0) is 20.6. The molecule has 0 saturated heterocycles. The number of hydrogen-bond donors (Lipinski definition) is 0. The van der Waals surface area contributed by atoms with E-state index in [1.165, 1.54) is 50.1 Å². The number of halogens is 3. The Morgan fingerprint density at radius 3 is 0.367 bits per heavy atom. The van der Waals surface area contributed by atoms with Crippen LogP contribution in [0.15, 0.2) is 54.6 Å². The van der Waals surface area contributed by atoms with E-state index < -0.39 is 0 Å². The average Bonchev–Trinajstić information content (AvgIpc) is 2.43. The predicted octanol–water partition coefficient (Wildman–Crippen LogP) is 9.57. The van der Waals surface area contributed by atoms with Crippen LogP contribution in [-0.2, 0) is 0 Å². The molecule has 0 amide bonds. The van der Waals surface area contributed by atoms with Gasteiger partial charge in [0, 0.05) is 0 Å². The summed E-state index contributed by atoms with van der Waals surface area (Å²) in [5, 5.41) is 0. The van der Waals surface area contributed by atoms with Crippen LogP contribution in [0.3, 0.4) is 0 Å². The first-order valence-corrected chi connectivity index (χ1v) is 9.70. The Bertz CT molecular complexity index is 614. The van der Waals surface area contributed by atoms with Crippen molar-refractivity contribution in [2.45, 2.75) is 62.3 Å². The predicted molar refractivity (Wildman–Crippen MR) is 153 cm³/mol. The van der Waals surface area contributed by atoms with Crippen LogP contribution >= 0.6 is 50.9 Å². The summed E-state index contributed by atoms with van der Waals surface area (Å²) in [6.45, 7) is 19.1. The third-order valence-electron chi connectivity index (χ3n) is 4.10. The van der Waals surface area contributed by atoms with Crippen LogP contribution in [0.4, 0.5) is 0 Å². The molecule has 0 nitrogen and oxygen atoms in total. The average molecular weight is 603 g/mol. The number of aryl methyl sites for hydroxylation is 9. The van der Waals surface area contributed by atoms with E-state index in [1.807, 2.05) is 0 Å². The molecule has 0 unspecified atom stereocenters. The molecule has 0 saturated carbocycles. The molecule has 0 bridgehead atoms. The van der Waals surface area contributed by atoms with Crippen LogP contribution in [0.1, 0.15) is 50.1 Å². The van der Waals surface area contributed by atoms with Crippen molar-refractivity contribution in [2.75, 3.05) is 0 Å². The maximum absolute atomic E-state index is 2.19. The minimum absolute atomic E-state index is 0. The molecule has 0 radical (unpaired) electrons. The van der Waals surface area contributed by atoms with Crippen LogP contribution in [-0.4, -0.2) is 0 Å². The highest BCUT2D eigenvalue weighted by atomic mass is 79.9. The van der Waals surface area contributed by atoms with E-state index >= 15 is 0 Å². The van der Waals surface area contributed by atoms with Crippen molar-refractivity contribution in [3.8, 4) is 0 Å². The summed E-state index contributed by atoms with van der Waals surface area (Å²) in [6.07, 6.45) is 0. The Morgan fingerprint density at radius 1 is 0.233 bits per heavy atom. The van der Waals surface area contributed by atoms with Gasteiger partial charge in [0.1, 0.15) is 0 Å². The van der Waals surface area contributed by atoms with Crippen LogP contribution < -0.4 is 0 Å². The van der Waals surface area contributed by atoms with Gasteiger partial charge in [-0.1, -0.05) is 105 Å².